The summed E-state index contributed by atoms with van der Waals surface area (Å²) in [6.45, 7) is 5.39. The maximum atomic E-state index is 13.6. The molecule has 0 unspecified atom stereocenters. The molecule has 0 saturated carbocycles. The minimum Gasteiger partial charge on any atom is -0.497 e. The summed E-state index contributed by atoms with van der Waals surface area (Å²) >= 11 is 0. The summed E-state index contributed by atoms with van der Waals surface area (Å²) in [5.74, 6) is 0.843. The van der Waals surface area contributed by atoms with Crippen LogP contribution in [0.25, 0.3) is 0 Å². The van der Waals surface area contributed by atoms with E-state index >= 15 is 0 Å². The number of carbonyl (C=O) groups is 2. The Balaban J connectivity index is 1.87. The number of aromatic nitrogens is 1. The molecule has 1 aromatic heterocycles. The van der Waals surface area contributed by atoms with Crippen molar-refractivity contribution in [2.24, 2.45) is 13.0 Å². The van der Waals surface area contributed by atoms with Crippen LogP contribution < -0.4 is 9.47 Å². The molecule has 0 atom stereocenters. The van der Waals surface area contributed by atoms with Crippen LogP contribution in [0.1, 0.15) is 35.5 Å². The van der Waals surface area contributed by atoms with Gasteiger partial charge in [0.05, 0.1) is 26.3 Å². The second-order valence-corrected chi connectivity index (χ2v) is 8.99. The number of methoxy groups -OCH3 is 2. The van der Waals surface area contributed by atoms with Gasteiger partial charge in [0.15, 0.2) is 0 Å². The van der Waals surface area contributed by atoms with Crippen molar-refractivity contribution >= 4 is 11.8 Å². The third-order valence-corrected chi connectivity index (χ3v) is 5.81. The van der Waals surface area contributed by atoms with Crippen LogP contribution in [0.4, 0.5) is 0 Å². The van der Waals surface area contributed by atoms with Crippen LogP contribution in [0.2, 0.25) is 0 Å². The van der Waals surface area contributed by atoms with Crippen molar-refractivity contribution in [3.05, 3.63) is 83.7 Å². The third kappa shape index (κ3) is 6.88. The molecule has 0 aliphatic carbocycles. The number of benzene rings is 2. The standard InChI is InChI=1S/C28H35N3O4/c1-21(2)17-31(28(33)25-14-13-24(34-4)16-26(25)35-5)20-27(32)30(18-22-10-7-6-8-11-22)19-23-12-9-15-29(23)3/h6-16,21H,17-20H2,1-5H3. The summed E-state index contributed by atoms with van der Waals surface area (Å²) in [6.07, 6.45) is 1.96. The van der Waals surface area contributed by atoms with E-state index in [0.717, 1.165) is 11.3 Å². The van der Waals surface area contributed by atoms with Crippen molar-refractivity contribution in [2.45, 2.75) is 26.9 Å². The first-order valence-corrected chi connectivity index (χ1v) is 11.8. The van der Waals surface area contributed by atoms with E-state index in [4.69, 9.17) is 9.47 Å². The summed E-state index contributed by atoms with van der Waals surface area (Å²) in [5.41, 5.74) is 2.46. The first kappa shape index (κ1) is 25.9. The molecular formula is C28H35N3O4. The Morgan fingerprint density at radius 1 is 0.914 bits per heavy atom. The largest absolute Gasteiger partial charge is 0.497 e. The topological polar surface area (TPSA) is 64.0 Å². The van der Waals surface area contributed by atoms with Gasteiger partial charge in [0, 0.05) is 38.1 Å². The Morgan fingerprint density at radius 2 is 1.66 bits per heavy atom. The van der Waals surface area contributed by atoms with Gasteiger partial charge in [0.1, 0.15) is 18.0 Å². The van der Waals surface area contributed by atoms with Gasteiger partial charge in [-0.1, -0.05) is 44.2 Å². The molecular weight excluding hydrogens is 442 g/mol. The fraction of sp³-hybridized carbons (Fsp3) is 0.357. The minimum atomic E-state index is -0.245. The minimum absolute atomic E-state index is 0.0244. The average Bonchev–Trinajstić information content (AvgIpc) is 3.26. The van der Waals surface area contributed by atoms with Gasteiger partial charge in [-0.3, -0.25) is 9.59 Å². The Bertz CT molecular complexity index is 1120. The molecule has 0 N–H and O–H groups in total. The molecule has 0 aliphatic heterocycles. The molecule has 2 amide bonds. The van der Waals surface area contributed by atoms with Crippen molar-refractivity contribution in [1.29, 1.82) is 0 Å². The maximum Gasteiger partial charge on any atom is 0.258 e. The number of nitrogens with zero attached hydrogens (tertiary/aromatic N) is 3. The second kappa shape index (κ2) is 12.1. The first-order chi connectivity index (χ1) is 16.8. The molecule has 0 aliphatic rings. The number of amides is 2. The first-order valence-electron chi connectivity index (χ1n) is 11.8. The van der Waals surface area contributed by atoms with E-state index in [-0.39, 0.29) is 24.3 Å². The van der Waals surface area contributed by atoms with E-state index in [2.05, 4.69) is 0 Å². The molecule has 3 rings (SSSR count). The summed E-state index contributed by atoms with van der Waals surface area (Å²) in [5, 5.41) is 0. The van der Waals surface area contributed by atoms with Gasteiger partial charge >= 0.3 is 0 Å². The van der Waals surface area contributed by atoms with Crippen LogP contribution in [0.15, 0.2) is 66.9 Å². The molecule has 186 valence electrons. The van der Waals surface area contributed by atoms with Crippen molar-refractivity contribution in [3.63, 3.8) is 0 Å². The number of carbonyl (C=O) groups excluding carboxylic acids is 2. The molecule has 0 radical (unpaired) electrons. The monoisotopic (exact) mass is 477 g/mol. The van der Waals surface area contributed by atoms with Crippen LogP contribution in [0, 0.1) is 5.92 Å². The number of rotatable bonds is 11. The summed E-state index contributed by atoms with van der Waals surface area (Å²) in [4.78, 5) is 30.6. The molecule has 3 aromatic rings. The van der Waals surface area contributed by atoms with E-state index in [1.165, 1.54) is 7.11 Å². The second-order valence-electron chi connectivity index (χ2n) is 8.99. The Morgan fingerprint density at radius 3 is 2.26 bits per heavy atom. The highest BCUT2D eigenvalue weighted by Gasteiger charge is 2.26. The zero-order chi connectivity index (χ0) is 25.4. The summed E-state index contributed by atoms with van der Waals surface area (Å²) in [7, 11) is 5.05. The van der Waals surface area contributed by atoms with Crippen molar-refractivity contribution in [1.82, 2.24) is 14.4 Å². The van der Waals surface area contributed by atoms with E-state index < -0.39 is 0 Å². The molecule has 7 heteroatoms. The highest BCUT2D eigenvalue weighted by molar-refractivity contribution is 5.99. The number of hydrogen-bond acceptors (Lipinski definition) is 4. The molecule has 1 heterocycles. The Hall–Kier alpha value is -3.74. The molecule has 7 nitrogen and oxygen atoms in total. The fourth-order valence-electron chi connectivity index (χ4n) is 3.96. The van der Waals surface area contributed by atoms with Gasteiger partial charge in [-0.2, -0.15) is 0 Å². The van der Waals surface area contributed by atoms with E-state index in [9.17, 15) is 9.59 Å². The van der Waals surface area contributed by atoms with Crippen LogP contribution >= 0.6 is 0 Å². The predicted molar refractivity (Wildman–Crippen MR) is 136 cm³/mol. The molecule has 35 heavy (non-hydrogen) atoms. The SMILES string of the molecule is COc1ccc(C(=O)N(CC(=O)N(Cc2ccccc2)Cc2cccn2C)CC(C)C)c(OC)c1. The lowest BCUT2D eigenvalue weighted by Crippen LogP contribution is -2.44. The molecule has 0 spiro atoms. The number of hydrogen-bond donors (Lipinski definition) is 0. The van der Waals surface area contributed by atoms with E-state index in [1.807, 2.05) is 74.1 Å². The van der Waals surface area contributed by atoms with Crippen LogP contribution in [-0.4, -0.2) is 53.5 Å². The summed E-state index contributed by atoms with van der Waals surface area (Å²) in [6, 6.07) is 18.9. The average molecular weight is 478 g/mol. The third-order valence-electron chi connectivity index (χ3n) is 5.81. The van der Waals surface area contributed by atoms with E-state index in [1.54, 1.807) is 35.1 Å². The summed E-state index contributed by atoms with van der Waals surface area (Å²) < 4.78 is 12.7. The van der Waals surface area contributed by atoms with Gasteiger partial charge in [-0.15, -0.1) is 0 Å². The lowest BCUT2D eigenvalue weighted by atomic mass is 10.1. The van der Waals surface area contributed by atoms with Crippen molar-refractivity contribution < 1.29 is 19.1 Å². The highest BCUT2D eigenvalue weighted by atomic mass is 16.5. The lowest BCUT2D eigenvalue weighted by molar-refractivity contribution is -0.133. The van der Waals surface area contributed by atoms with Crippen LogP contribution in [0.3, 0.4) is 0 Å². The van der Waals surface area contributed by atoms with Gasteiger partial charge in [-0.05, 0) is 35.7 Å². The highest BCUT2D eigenvalue weighted by Crippen LogP contribution is 2.26. The molecule has 0 bridgehead atoms. The van der Waals surface area contributed by atoms with Crippen LogP contribution in [0.5, 0.6) is 11.5 Å². The number of ether oxygens (including phenoxy) is 2. The molecule has 0 fully saturated rings. The zero-order valence-electron chi connectivity index (χ0n) is 21.2. The Labute approximate surface area is 207 Å². The predicted octanol–water partition coefficient (Wildman–Crippen LogP) is 4.37. The van der Waals surface area contributed by atoms with Crippen molar-refractivity contribution in [2.75, 3.05) is 27.3 Å². The van der Waals surface area contributed by atoms with Crippen LogP contribution in [-0.2, 0) is 24.9 Å². The molecule has 0 saturated heterocycles. The molecule has 2 aromatic carbocycles. The Kier molecular flexibility index (Phi) is 8.95. The van der Waals surface area contributed by atoms with Gasteiger partial charge < -0.3 is 23.8 Å². The normalized spacial score (nSPS) is 10.8. The van der Waals surface area contributed by atoms with E-state index in [0.29, 0.717) is 36.7 Å². The van der Waals surface area contributed by atoms with Gasteiger partial charge in [-0.25, -0.2) is 0 Å². The quantitative estimate of drug-likeness (QED) is 0.411. The zero-order valence-corrected chi connectivity index (χ0v) is 21.2. The lowest BCUT2D eigenvalue weighted by Gasteiger charge is -2.29. The fourth-order valence-corrected chi connectivity index (χ4v) is 3.96. The maximum absolute atomic E-state index is 13.6. The smallest absolute Gasteiger partial charge is 0.258 e. The van der Waals surface area contributed by atoms with Crippen molar-refractivity contribution in [3.8, 4) is 11.5 Å². The van der Waals surface area contributed by atoms with Gasteiger partial charge in [0.2, 0.25) is 5.91 Å². The van der Waals surface area contributed by atoms with Gasteiger partial charge in [0.25, 0.3) is 5.91 Å². The number of aryl methyl sites for hydroxylation is 1.